The number of hydrogen-bond acceptors (Lipinski definition) is 2. The summed E-state index contributed by atoms with van der Waals surface area (Å²) in [6.07, 6.45) is 0. The predicted octanol–water partition coefficient (Wildman–Crippen LogP) is -2.56. The van der Waals surface area contributed by atoms with Crippen molar-refractivity contribution in [3.05, 3.63) is 0 Å². The highest BCUT2D eigenvalue weighted by atomic mass is 35.5. The van der Waals surface area contributed by atoms with Gasteiger partial charge in [0.05, 0.1) is 6.61 Å². The number of halogens is 1. The van der Waals surface area contributed by atoms with Gasteiger partial charge in [-0.3, -0.25) is 0 Å². The van der Waals surface area contributed by atoms with Crippen LogP contribution >= 0.6 is 0 Å². The molecule has 58 valence electrons. The number of aliphatic hydroxyl groups excluding tert-OH is 1. The van der Waals surface area contributed by atoms with E-state index < -0.39 is 0 Å². The second kappa shape index (κ2) is 4.09. The van der Waals surface area contributed by atoms with Gasteiger partial charge in [-0.2, -0.15) is 0 Å². The molecule has 9 heavy (non-hydrogen) atoms. The first kappa shape index (κ1) is 11.9. The summed E-state index contributed by atoms with van der Waals surface area (Å²) in [6.45, 7) is 4.19. The van der Waals surface area contributed by atoms with Gasteiger partial charge in [0, 0.05) is 5.54 Å². The highest BCUT2D eigenvalue weighted by Crippen LogP contribution is 2.06. The number of aliphatic hydroxyl groups is 1. The average molecular weight is 154 g/mol. The van der Waals surface area contributed by atoms with E-state index in [2.05, 4.69) is 0 Å². The Morgan fingerprint density at radius 1 is 1.44 bits per heavy atom. The van der Waals surface area contributed by atoms with Gasteiger partial charge in [-0.1, -0.05) is 0 Å². The fourth-order valence-electron chi connectivity index (χ4n) is 0.141. The van der Waals surface area contributed by atoms with Gasteiger partial charge in [0.15, 0.2) is 0 Å². The normalized spacial score (nSPS) is 11.3. The minimum atomic E-state index is -0.0694. The van der Waals surface area contributed by atoms with Crippen molar-refractivity contribution < 1.29 is 18.9 Å². The molecule has 2 nitrogen and oxygen atoms in total. The number of likely N-dealkylation sites (N-methyl/N-ethyl adjacent to an activating group) is 1. The van der Waals surface area contributed by atoms with Crippen molar-refractivity contribution >= 4 is 0 Å². The lowest BCUT2D eigenvalue weighted by molar-refractivity contribution is -0.00000285. The minimum Gasteiger partial charge on any atom is -1.00 e. The first-order chi connectivity index (χ1) is 3.50. The van der Waals surface area contributed by atoms with Crippen molar-refractivity contribution in [1.29, 1.82) is 0 Å². The van der Waals surface area contributed by atoms with Crippen LogP contribution in [0.5, 0.6) is 0 Å². The molecule has 0 saturated carbocycles. The zero-order valence-corrected chi connectivity index (χ0v) is 7.24. The smallest absolute Gasteiger partial charge is 1.00 e. The first-order valence-electron chi connectivity index (χ1n) is 2.79. The van der Waals surface area contributed by atoms with E-state index in [4.69, 9.17) is 5.11 Å². The van der Waals surface area contributed by atoms with Gasteiger partial charge in [0.2, 0.25) is 0 Å². The first-order valence-corrected chi connectivity index (χ1v) is 2.79. The predicted molar refractivity (Wildman–Crippen MR) is 36.0 cm³/mol. The van der Waals surface area contributed by atoms with Gasteiger partial charge < -0.3 is 22.4 Å². The molecule has 1 N–H and O–H groups in total. The second-order valence-corrected chi connectivity index (χ2v) is 2.86. The maximum atomic E-state index is 8.72. The van der Waals surface area contributed by atoms with Crippen LogP contribution < -0.4 is 12.4 Å². The molecule has 0 aliphatic rings. The number of nitrogens with zero attached hydrogens (tertiary/aromatic N) is 1. The van der Waals surface area contributed by atoms with Gasteiger partial charge in [-0.25, -0.2) is 0 Å². The molecule has 0 aromatic rings. The van der Waals surface area contributed by atoms with Crippen LogP contribution in [0.25, 0.3) is 0 Å². The van der Waals surface area contributed by atoms with Crippen molar-refractivity contribution in [2.24, 2.45) is 0 Å². The van der Waals surface area contributed by atoms with Crippen molar-refractivity contribution in [1.82, 2.24) is 4.90 Å². The lowest BCUT2D eigenvalue weighted by Gasteiger charge is -2.29. The van der Waals surface area contributed by atoms with Crippen molar-refractivity contribution in [3.8, 4) is 0 Å². The Morgan fingerprint density at radius 3 is 1.78 bits per heavy atom. The lowest BCUT2D eigenvalue weighted by atomic mass is 10.1. The third-order valence-corrected chi connectivity index (χ3v) is 1.60. The van der Waals surface area contributed by atoms with Crippen LogP contribution in [-0.4, -0.2) is 36.2 Å². The molecule has 0 aliphatic heterocycles. The van der Waals surface area contributed by atoms with Crippen LogP contribution in [0.3, 0.4) is 0 Å². The quantitative estimate of drug-likeness (QED) is 0.472. The summed E-state index contributed by atoms with van der Waals surface area (Å²) in [5, 5.41) is 8.72. The molecule has 0 radical (unpaired) electrons. The zero-order chi connectivity index (χ0) is 6.78. The van der Waals surface area contributed by atoms with Gasteiger partial charge in [-0.05, 0) is 27.9 Å². The fourth-order valence-corrected chi connectivity index (χ4v) is 0.141. The standard InChI is InChI=1S/C6H15NO.ClH/c1-6(2,5-8)7(3)4;/h8H,5H2,1-4H3;1H. The number of hydrogen-bond donors (Lipinski definition) is 1. The van der Waals surface area contributed by atoms with E-state index in [1.165, 1.54) is 0 Å². The third kappa shape index (κ3) is 3.73. The highest BCUT2D eigenvalue weighted by molar-refractivity contribution is 4.74. The molecular formula is C6H16ClNO. The van der Waals surface area contributed by atoms with Crippen molar-refractivity contribution in [3.63, 3.8) is 0 Å². The summed E-state index contributed by atoms with van der Waals surface area (Å²) in [4.78, 5) is 1.99. The SMILES string of the molecule is CN(C)C(C)(C)CO.[Cl-].[H+]. The van der Waals surface area contributed by atoms with Gasteiger partial charge >= 0.3 is 1.43 Å². The van der Waals surface area contributed by atoms with Gasteiger partial charge in [0.1, 0.15) is 0 Å². The molecule has 0 aromatic heterocycles. The molecule has 0 rings (SSSR count). The fraction of sp³-hybridized carbons (Fsp3) is 1.00. The maximum absolute atomic E-state index is 8.72. The van der Waals surface area contributed by atoms with E-state index >= 15 is 0 Å². The molecule has 0 heterocycles. The molecule has 0 saturated heterocycles. The summed E-state index contributed by atoms with van der Waals surface area (Å²) in [6, 6.07) is 0. The molecule has 0 unspecified atom stereocenters. The zero-order valence-electron chi connectivity index (χ0n) is 7.48. The molecule has 0 fully saturated rings. The van der Waals surface area contributed by atoms with Crippen molar-refractivity contribution in [2.45, 2.75) is 19.4 Å². The molecular weight excluding hydrogens is 138 g/mol. The summed E-state index contributed by atoms with van der Waals surface area (Å²) in [5.41, 5.74) is -0.0694. The average Bonchev–Trinajstić information content (AvgIpc) is 1.67. The molecule has 0 bridgehead atoms. The molecule has 0 amide bonds. The Kier molecular flexibility index (Phi) is 5.43. The van der Waals surface area contributed by atoms with Gasteiger partial charge in [-0.15, -0.1) is 0 Å². The highest BCUT2D eigenvalue weighted by Gasteiger charge is 2.17. The Hall–Kier alpha value is 0.210. The Morgan fingerprint density at radius 2 is 1.78 bits per heavy atom. The van der Waals surface area contributed by atoms with Crippen molar-refractivity contribution in [2.75, 3.05) is 20.7 Å². The molecule has 0 spiro atoms. The van der Waals surface area contributed by atoms with Crippen LogP contribution in [0.2, 0.25) is 0 Å². The topological polar surface area (TPSA) is 23.5 Å². The van der Waals surface area contributed by atoms with E-state index in [-0.39, 0.29) is 26.0 Å². The second-order valence-electron chi connectivity index (χ2n) is 2.86. The van der Waals surface area contributed by atoms with Crippen LogP contribution in [0.15, 0.2) is 0 Å². The van der Waals surface area contributed by atoms with Crippen LogP contribution in [0, 0.1) is 0 Å². The summed E-state index contributed by atoms with van der Waals surface area (Å²) in [5.74, 6) is 0. The summed E-state index contributed by atoms with van der Waals surface area (Å²) in [7, 11) is 3.91. The molecule has 0 aromatic carbocycles. The Bertz CT molecular complexity index is 78.1. The van der Waals surface area contributed by atoms with Crippen LogP contribution in [0.4, 0.5) is 0 Å². The monoisotopic (exact) mass is 153 g/mol. The minimum absolute atomic E-state index is 0. The lowest BCUT2D eigenvalue weighted by Crippen LogP contribution is -3.00. The molecule has 0 atom stereocenters. The Labute approximate surface area is 64.8 Å². The van der Waals surface area contributed by atoms with E-state index in [0.29, 0.717) is 0 Å². The van der Waals surface area contributed by atoms with Crippen LogP contribution in [-0.2, 0) is 0 Å². The summed E-state index contributed by atoms with van der Waals surface area (Å²) < 4.78 is 0. The van der Waals surface area contributed by atoms with E-state index in [1.54, 1.807) is 0 Å². The van der Waals surface area contributed by atoms with Crippen LogP contribution in [0.1, 0.15) is 15.3 Å². The van der Waals surface area contributed by atoms with E-state index in [9.17, 15) is 0 Å². The third-order valence-electron chi connectivity index (χ3n) is 1.60. The van der Waals surface area contributed by atoms with E-state index in [1.807, 2.05) is 32.8 Å². The molecule has 0 aliphatic carbocycles. The summed E-state index contributed by atoms with van der Waals surface area (Å²) >= 11 is 0. The van der Waals surface area contributed by atoms with E-state index in [0.717, 1.165) is 0 Å². The number of rotatable bonds is 2. The Balaban J connectivity index is -0.000000245. The van der Waals surface area contributed by atoms with Gasteiger partial charge in [0.25, 0.3) is 0 Å². The molecule has 3 heteroatoms. The maximum Gasteiger partial charge on any atom is 1.00 e. The largest absolute Gasteiger partial charge is 1.00 e.